The number of hydrogen-bond acceptors (Lipinski definition) is 3. The molecule has 0 heterocycles. The van der Waals surface area contributed by atoms with Crippen LogP contribution in [0.25, 0.3) is 0 Å². The molecule has 0 spiro atoms. The Morgan fingerprint density at radius 1 is 1.29 bits per heavy atom. The smallest absolute Gasteiger partial charge is 0.131 e. The third-order valence-electron chi connectivity index (χ3n) is 3.91. The minimum absolute atomic E-state index is 0.211. The van der Waals surface area contributed by atoms with Crippen molar-refractivity contribution in [1.29, 1.82) is 0 Å². The summed E-state index contributed by atoms with van der Waals surface area (Å²) in [6, 6.07) is 5.40. The topological polar surface area (TPSA) is 24.5 Å². The average Bonchev–Trinajstić information content (AvgIpc) is 2.50. The van der Waals surface area contributed by atoms with Gasteiger partial charge >= 0.3 is 0 Å². The molecule has 21 heavy (non-hydrogen) atoms. The summed E-state index contributed by atoms with van der Waals surface area (Å²) in [4.78, 5) is 2.43. The minimum atomic E-state index is -0.211. The first kappa shape index (κ1) is 17.9. The normalized spacial score (nSPS) is 12.7. The fourth-order valence-corrected chi connectivity index (χ4v) is 2.35. The molecular weight excluding hydrogens is 267 g/mol. The fraction of sp³-hybridized carbons (Fsp3) is 0.647. The molecule has 0 aliphatic carbocycles. The largest absolute Gasteiger partial charge is 0.497 e. The molecule has 3 nitrogen and oxygen atoms in total. The van der Waals surface area contributed by atoms with Crippen molar-refractivity contribution in [2.24, 2.45) is 0 Å². The maximum absolute atomic E-state index is 13.8. The molecule has 0 fully saturated rings. The second kappa shape index (κ2) is 9.74. The number of hydrogen-bond donors (Lipinski definition) is 1. The summed E-state index contributed by atoms with van der Waals surface area (Å²) in [5.41, 5.74) is 0.686. The van der Waals surface area contributed by atoms with Crippen LogP contribution in [0, 0.1) is 5.82 Å². The molecule has 0 radical (unpaired) electrons. The average molecular weight is 296 g/mol. The van der Waals surface area contributed by atoms with Crippen molar-refractivity contribution >= 4 is 0 Å². The lowest BCUT2D eigenvalue weighted by Crippen LogP contribution is -2.29. The van der Waals surface area contributed by atoms with E-state index in [0.717, 1.165) is 26.1 Å². The van der Waals surface area contributed by atoms with Crippen LogP contribution < -0.4 is 10.1 Å². The maximum Gasteiger partial charge on any atom is 0.131 e. The van der Waals surface area contributed by atoms with Crippen LogP contribution in [0.2, 0.25) is 0 Å². The van der Waals surface area contributed by atoms with Crippen LogP contribution in [0.4, 0.5) is 4.39 Å². The standard InChI is InChI=1S/C17H29FN2O/c1-5-20(6-2)11-7-8-14(3)19-13-15-9-10-16(21-4)12-17(15)18/h9-10,12,14,19H,5-8,11,13H2,1-4H3. The van der Waals surface area contributed by atoms with E-state index in [-0.39, 0.29) is 5.82 Å². The highest BCUT2D eigenvalue weighted by atomic mass is 19.1. The van der Waals surface area contributed by atoms with Gasteiger partial charge in [0.2, 0.25) is 0 Å². The molecule has 0 aliphatic rings. The molecule has 1 aromatic rings. The highest BCUT2D eigenvalue weighted by molar-refractivity contribution is 5.28. The Hall–Kier alpha value is -1.13. The van der Waals surface area contributed by atoms with Crippen molar-refractivity contribution < 1.29 is 9.13 Å². The summed E-state index contributed by atoms with van der Waals surface area (Å²) in [7, 11) is 1.55. The predicted molar refractivity (Wildman–Crippen MR) is 86.3 cm³/mol. The van der Waals surface area contributed by atoms with Crippen LogP contribution >= 0.6 is 0 Å². The van der Waals surface area contributed by atoms with Gasteiger partial charge in [-0.1, -0.05) is 19.9 Å². The second-order valence-electron chi connectivity index (χ2n) is 5.41. The Morgan fingerprint density at radius 3 is 2.57 bits per heavy atom. The molecule has 0 bridgehead atoms. The van der Waals surface area contributed by atoms with Gasteiger partial charge in [-0.25, -0.2) is 4.39 Å². The van der Waals surface area contributed by atoms with E-state index in [1.807, 2.05) is 0 Å². The molecule has 120 valence electrons. The molecule has 0 aromatic heterocycles. The van der Waals surface area contributed by atoms with Gasteiger partial charge in [-0.05, 0) is 45.5 Å². The van der Waals surface area contributed by atoms with Crippen LogP contribution in [-0.2, 0) is 6.54 Å². The molecule has 4 heteroatoms. The highest BCUT2D eigenvalue weighted by Gasteiger charge is 2.07. The Morgan fingerprint density at radius 2 is 2.00 bits per heavy atom. The molecule has 1 unspecified atom stereocenters. The minimum Gasteiger partial charge on any atom is -0.497 e. The molecule has 0 saturated carbocycles. The van der Waals surface area contributed by atoms with E-state index in [1.165, 1.54) is 12.5 Å². The van der Waals surface area contributed by atoms with Crippen LogP contribution in [0.3, 0.4) is 0 Å². The Bertz CT molecular complexity index is 408. The monoisotopic (exact) mass is 296 g/mol. The Balaban J connectivity index is 2.31. The number of benzene rings is 1. The maximum atomic E-state index is 13.8. The molecule has 0 amide bonds. The lowest BCUT2D eigenvalue weighted by molar-refractivity contribution is 0.290. The number of halogens is 1. The van der Waals surface area contributed by atoms with E-state index in [1.54, 1.807) is 19.2 Å². The van der Waals surface area contributed by atoms with Crippen molar-refractivity contribution in [2.75, 3.05) is 26.7 Å². The summed E-state index contributed by atoms with van der Waals surface area (Å²) in [6.07, 6.45) is 2.27. The lowest BCUT2D eigenvalue weighted by Gasteiger charge is -2.20. The molecular formula is C17H29FN2O. The first-order valence-electron chi connectivity index (χ1n) is 7.88. The van der Waals surface area contributed by atoms with Crippen molar-refractivity contribution in [2.45, 2.75) is 46.2 Å². The zero-order valence-electron chi connectivity index (χ0n) is 13.8. The van der Waals surface area contributed by atoms with Gasteiger partial charge in [0.25, 0.3) is 0 Å². The van der Waals surface area contributed by atoms with Gasteiger partial charge in [0.15, 0.2) is 0 Å². The number of nitrogens with one attached hydrogen (secondary N) is 1. The lowest BCUT2D eigenvalue weighted by atomic mass is 10.1. The SMILES string of the molecule is CCN(CC)CCCC(C)NCc1ccc(OC)cc1F. The molecule has 1 rings (SSSR count). The van der Waals surface area contributed by atoms with E-state index in [0.29, 0.717) is 23.9 Å². The molecule has 1 atom stereocenters. The quantitative estimate of drug-likeness (QED) is 0.716. The molecule has 0 aliphatic heterocycles. The number of rotatable bonds is 10. The summed E-state index contributed by atoms with van der Waals surface area (Å²) >= 11 is 0. The zero-order chi connectivity index (χ0) is 15.7. The summed E-state index contributed by atoms with van der Waals surface area (Å²) in [6.45, 7) is 10.4. The second-order valence-corrected chi connectivity index (χ2v) is 5.41. The van der Waals surface area contributed by atoms with E-state index in [4.69, 9.17) is 4.74 Å². The zero-order valence-corrected chi connectivity index (χ0v) is 13.8. The van der Waals surface area contributed by atoms with Gasteiger partial charge < -0.3 is 15.0 Å². The summed E-state index contributed by atoms with van der Waals surface area (Å²) in [5, 5.41) is 3.39. The van der Waals surface area contributed by atoms with Gasteiger partial charge in [0, 0.05) is 24.2 Å². The summed E-state index contributed by atoms with van der Waals surface area (Å²) < 4.78 is 18.8. The van der Waals surface area contributed by atoms with Crippen LogP contribution in [-0.4, -0.2) is 37.7 Å². The Kier molecular flexibility index (Phi) is 8.31. The van der Waals surface area contributed by atoms with Crippen molar-refractivity contribution in [1.82, 2.24) is 10.2 Å². The first-order chi connectivity index (χ1) is 10.1. The van der Waals surface area contributed by atoms with Crippen LogP contribution in [0.15, 0.2) is 18.2 Å². The number of ether oxygens (including phenoxy) is 1. The summed E-state index contributed by atoms with van der Waals surface area (Å²) in [5.74, 6) is 0.348. The Labute approximate surface area is 128 Å². The van der Waals surface area contributed by atoms with Crippen molar-refractivity contribution in [3.8, 4) is 5.75 Å². The van der Waals surface area contributed by atoms with Gasteiger partial charge in [0.1, 0.15) is 11.6 Å². The fourth-order valence-electron chi connectivity index (χ4n) is 2.35. The van der Waals surface area contributed by atoms with Crippen molar-refractivity contribution in [3.05, 3.63) is 29.6 Å². The van der Waals surface area contributed by atoms with Gasteiger partial charge in [-0.2, -0.15) is 0 Å². The third kappa shape index (κ3) is 6.44. The molecule has 0 saturated heterocycles. The van der Waals surface area contributed by atoms with Gasteiger partial charge in [-0.15, -0.1) is 0 Å². The first-order valence-corrected chi connectivity index (χ1v) is 7.88. The van der Waals surface area contributed by atoms with Gasteiger partial charge in [0.05, 0.1) is 7.11 Å². The highest BCUT2D eigenvalue weighted by Crippen LogP contribution is 2.16. The van der Waals surface area contributed by atoms with Crippen LogP contribution in [0.5, 0.6) is 5.75 Å². The van der Waals surface area contributed by atoms with Crippen molar-refractivity contribution in [3.63, 3.8) is 0 Å². The molecule has 1 N–H and O–H groups in total. The van der Waals surface area contributed by atoms with E-state index in [2.05, 4.69) is 31.0 Å². The molecule has 1 aromatic carbocycles. The van der Waals surface area contributed by atoms with Gasteiger partial charge in [-0.3, -0.25) is 0 Å². The predicted octanol–water partition coefficient (Wildman–Crippen LogP) is 3.43. The van der Waals surface area contributed by atoms with E-state index in [9.17, 15) is 4.39 Å². The van der Waals surface area contributed by atoms with E-state index < -0.39 is 0 Å². The number of methoxy groups -OCH3 is 1. The van der Waals surface area contributed by atoms with Crippen LogP contribution in [0.1, 0.15) is 39.2 Å². The third-order valence-corrected chi connectivity index (χ3v) is 3.91. The van der Waals surface area contributed by atoms with E-state index >= 15 is 0 Å². The number of nitrogens with zero attached hydrogens (tertiary/aromatic N) is 1.